The van der Waals surface area contributed by atoms with Crippen molar-refractivity contribution in [3.05, 3.63) is 20.8 Å². The number of alkyl halides is 3. The van der Waals surface area contributed by atoms with Crippen LogP contribution in [0.3, 0.4) is 0 Å². The van der Waals surface area contributed by atoms with Crippen molar-refractivity contribution >= 4 is 27.3 Å². The number of hydrogen-bond acceptors (Lipinski definition) is 3. The van der Waals surface area contributed by atoms with Gasteiger partial charge < -0.3 is 9.84 Å². The van der Waals surface area contributed by atoms with E-state index in [2.05, 4.69) is 20.7 Å². The van der Waals surface area contributed by atoms with E-state index in [0.717, 1.165) is 0 Å². The van der Waals surface area contributed by atoms with E-state index in [0.29, 0.717) is 9.35 Å². The van der Waals surface area contributed by atoms with Gasteiger partial charge in [0, 0.05) is 9.35 Å². The summed E-state index contributed by atoms with van der Waals surface area (Å²) in [5.74, 6) is 0. The van der Waals surface area contributed by atoms with E-state index in [-0.39, 0.29) is 6.61 Å². The number of rotatable bonds is 4. The average Bonchev–Trinajstić information content (AvgIpc) is 2.48. The Hall–Kier alpha value is -0.110. The van der Waals surface area contributed by atoms with Crippen LogP contribution in [0.4, 0.5) is 13.2 Å². The zero-order valence-corrected chi connectivity index (χ0v) is 9.82. The van der Waals surface area contributed by atoms with Crippen molar-refractivity contribution in [2.24, 2.45) is 0 Å². The molecule has 0 saturated carbocycles. The molecule has 7 heteroatoms. The monoisotopic (exact) mass is 304 g/mol. The van der Waals surface area contributed by atoms with Crippen LogP contribution in [0.2, 0.25) is 0 Å². The summed E-state index contributed by atoms with van der Waals surface area (Å²) in [5.41, 5.74) is 0. The van der Waals surface area contributed by atoms with Gasteiger partial charge in [0.1, 0.15) is 12.7 Å². The van der Waals surface area contributed by atoms with Crippen molar-refractivity contribution < 1.29 is 23.0 Å². The van der Waals surface area contributed by atoms with Crippen LogP contribution >= 0.6 is 27.3 Å². The maximum atomic E-state index is 11.7. The Morgan fingerprint density at radius 2 is 2.20 bits per heavy atom. The number of aliphatic hydroxyl groups excluding tert-OH is 1. The quantitative estimate of drug-likeness (QED) is 0.926. The van der Waals surface area contributed by atoms with Crippen LogP contribution in [-0.4, -0.2) is 24.5 Å². The van der Waals surface area contributed by atoms with Crippen LogP contribution in [0.5, 0.6) is 0 Å². The Morgan fingerprint density at radius 1 is 1.53 bits per heavy atom. The van der Waals surface area contributed by atoms with E-state index in [1.165, 1.54) is 11.3 Å². The van der Waals surface area contributed by atoms with Crippen molar-refractivity contribution in [3.63, 3.8) is 0 Å². The normalized spacial score (nSPS) is 14.2. The molecule has 1 rings (SSSR count). The van der Waals surface area contributed by atoms with Gasteiger partial charge in [-0.05, 0) is 27.4 Å². The fraction of sp³-hybridized carbons (Fsp3) is 0.500. The Labute approximate surface area is 96.8 Å². The second-order valence-electron chi connectivity index (χ2n) is 2.78. The average molecular weight is 305 g/mol. The smallest absolute Gasteiger partial charge is 0.385 e. The number of aliphatic hydroxyl groups is 1. The highest BCUT2D eigenvalue weighted by Crippen LogP contribution is 2.29. The van der Waals surface area contributed by atoms with E-state index in [1.54, 1.807) is 11.4 Å². The molecule has 1 N–H and O–H groups in total. The van der Waals surface area contributed by atoms with Gasteiger partial charge in [-0.15, -0.1) is 11.3 Å². The summed E-state index contributed by atoms with van der Waals surface area (Å²) in [7, 11) is 0. The van der Waals surface area contributed by atoms with Gasteiger partial charge in [-0.25, -0.2) is 0 Å². The van der Waals surface area contributed by atoms with Crippen molar-refractivity contribution in [2.75, 3.05) is 13.2 Å². The van der Waals surface area contributed by atoms with Crippen LogP contribution < -0.4 is 0 Å². The molecular formula is C8H8BrF3O2S. The van der Waals surface area contributed by atoms with Gasteiger partial charge in [0.05, 0.1) is 6.61 Å². The van der Waals surface area contributed by atoms with Crippen molar-refractivity contribution in [1.29, 1.82) is 0 Å². The first-order valence-corrected chi connectivity index (χ1v) is 5.63. The Kier molecular flexibility index (Phi) is 4.57. The molecule has 0 bridgehead atoms. The summed E-state index contributed by atoms with van der Waals surface area (Å²) in [6, 6.07) is 1.72. The third kappa shape index (κ3) is 4.50. The molecule has 0 amide bonds. The highest BCUT2D eigenvalue weighted by atomic mass is 79.9. The number of hydrogen-bond donors (Lipinski definition) is 1. The highest BCUT2D eigenvalue weighted by Gasteiger charge is 2.28. The molecule has 2 nitrogen and oxygen atoms in total. The summed E-state index contributed by atoms with van der Waals surface area (Å²) in [4.78, 5) is 0.567. The fourth-order valence-corrected chi connectivity index (χ4v) is 2.51. The molecule has 15 heavy (non-hydrogen) atoms. The molecule has 86 valence electrons. The van der Waals surface area contributed by atoms with Crippen LogP contribution in [-0.2, 0) is 4.74 Å². The molecule has 1 unspecified atom stereocenters. The molecule has 0 fully saturated rings. The second kappa shape index (κ2) is 5.29. The lowest BCUT2D eigenvalue weighted by molar-refractivity contribution is -0.179. The van der Waals surface area contributed by atoms with Gasteiger partial charge in [-0.3, -0.25) is 0 Å². The van der Waals surface area contributed by atoms with E-state index >= 15 is 0 Å². The summed E-state index contributed by atoms with van der Waals surface area (Å²) < 4.78 is 40.2. The maximum absolute atomic E-state index is 11.7. The molecule has 1 aromatic rings. The minimum atomic E-state index is -4.35. The summed E-state index contributed by atoms with van der Waals surface area (Å²) in [6.45, 7) is -1.70. The predicted octanol–water partition coefficient (Wildman–Crippen LogP) is 3.12. The number of ether oxygens (including phenoxy) is 1. The number of halogens is 4. The molecule has 0 aliphatic carbocycles. The molecule has 0 aliphatic heterocycles. The molecular weight excluding hydrogens is 297 g/mol. The molecule has 0 aliphatic rings. The predicted molar refractivity (Wildman–Crippen MR) is 53.9 cm³/mol. The summed E-state index contributed by atoms with van der Waals surface area (Å²) >= 11 is 4.43. The van der Waals surface area contributed by atoms with Crippen LogP contribution in [0.1, 0.15) is 11.0 Å². The van der Waals surface area contributed by atoms with E-state index in [9.17, 15) is 18.3 Å². The van der Waals surface area contributed by atoms with Gasteiger partial charge in [0.25, 0.3) is 0 Å². The fourth-order valence-electron chi connectivity index (χ4n) is 0.905. The molecule has 1 aromatic heterocycles. The van der Waals surface area contributed by atoms with Gasteiger partial charge >= 0.3 is 6.18 Å². The molecule has 1 atom stereocenters. The first kappa shape index (κ1) is 13.0. The van der Waals surface area contributed by atoms with E-state index in [4.69, 9.17) is 0 Å². The van der Waals surface area contributed by atoms with Gasteiger partial charge in [0.15, 0.2) is 0 Å². The molecule has 1 heterocycles. The Balaban J connectivity index is 2.37. The zero-order chi connectivity index (χ0) is 11.5. The Morgan fingerprint density at radius 3 is 2.67 bits per heavy atom. The van der Waals surface area contributed by atoms with Crippen LogP contribution in [0, 0.1) is 0 Å². The number of thiophene rings is 1. The SMILES string of the molecule is OC(COCC(F)(F)F)c1sccc1Br. The van der Waals surface area contributed by atoms with Crippen LogP contribution in [0.15, 0.2) is 15.9 Å². The molecule has 0 spiro atoms. The first-order chi connectivity index (χ1) is 6.90. The Bertz CT molecular complexity index is 313. The largest absolute Gasteiger partial charge is 0.411 e. The molecule has 0 aromatic carbocycles. The first-order valence-electron chi connectivity index (χ1n) is 3.95. The van der Waals surface area contributed by atoms with Crippen LogP contribution in [0.25, 0.3) is 0 Å². The lowest BCUT2D eigenvalue weighted by Gasteiger charge is -2.11. The third-order valence-corrected chi connectivity index (χ3v) is 3.46. The van der Waals surface area contributed by atoms with Crippen molar-refractivity contribution in [1.82, 2.24) is 0 Å². The van der Waals surface area contributed by atoms with Crippen molar-refractivity contribution in [3.8, 4) is 0 Å². The van der Waals surface area contributed by atoms with Gasteiger partial charge in [-0.2, -0.15) is 13.2 Å². The van der Waals surface area contributed by atoms with E-state index < -0.39 is 18.9 Å². The van der Waals surface area contributed by atoms with Gasteiger partial charge in [0.2, 0.25) is 0 Å². The zero-order valence-electron chi connectivity index (χ0n) is 7.42. The highest BCUT2D eigenvalue weighted by molar-refractivity contribution is 9.10. The third-order valence-electron chi connectivity index (χ3n) is 1.49. The van der Waals surface area contributed by atoms with Crippen molar-refractivity contribution in [2.45, 2.75) is 12.3 Å². The summed E-state index contributed by atoms with van der Waals surface area (Å²) in [5, 5.41) is 11.2. The topological polar surface area (TPSA) is 29.5 Å². The second-order valence-corrected chi connectivity index (χ2v) is 4.58. The lowest BCUT2D eigenvalue weighted by atomic mass is 10.3. The standard InChI is InChI=1S/C8H8BrF3O2S/c9-5-1-2-15-7(5)6(13)3-14-4-8(10,11)12/h1-2,6,13H,3-4H2. The maximum Gasteiger partial charge on any atom is 0.411 e. The molecule has 0 radical (unpaired) electrons. The minimum absolute atomic E-state index is 0.362. The molecule has 0 saturated heterocycles. The van der Waals surface area contributed by atoms with Gasteiger partial charge in [-0.1, -0.05) is 0 Å². The summed E-state index contributed by atoms with van der Waals surface area (Å²) in [6.07, 6.45) is -5.38. The lowest BCUT2D eigenvalue weighted by Crippen LogP contribution is -2.19. The minimum Gasteiger partial charge on any atom is -0.385 e. The van der Waals surface area contributed by atoms with E-state index in [1.807, 2.05) is 0 Å².